The zero-order valence-electron chi connectivity index (χ0n) is 24.2. The van der Waals surface area contributed by atoms with E-state index in [1.807, 2.05) is 52.3 Å². The third-order valence-electron chi connectivity index (χ3n) is 8.02. The highest BCUT2D eigenvalue weighted by Crippen LogP contribution is 2.47. The minimum Gasteiger partial charge on any atom is -0.490 e. The predicted octanol–water partition coefficient (Wildman–Crippen LogP) is 6.91. The number of hydrogen-bond acceptors (Lipinski definition) is 7. The molecule has 0 saturated heterocycles. The molecule has 8 nitrogen and oxygen atoms in total. The average Bonchev–Trinajstić information content (AvgIpc) is 3.74. The van der Waals surface area contributed by atoms with Crippen molar-refractivity contribution in [3.05, 3.63) is 71.5 Å². The highest BCUT2D eigenvalue weighted by atomic mass is 32.1. The van der Waals surface area contributed by atoms with Crippen LogP contribution >= 0.6 is 11.3 Å². The highest BCUT2D eigenvalue weighted by Gasteiger charge is 2.29. The van der Waals surface area contributed by atoms with Crippen molar-refractivity contribution in [1.29, 1.82) is 0 Å². The summed E-state index contributed by atoms with van der Waals surface area (Å²) in [4.78, 5) is 9.91. The number of pyridine rings is 2. The second-order valence-electron chi connectivity index (χ2n) is 10.9. The van der Waals surface area contributed by atoms with E-state index in [-0.39, 0.29) is 36.6 Å². The Hall–Kier alpha value is -4.19. The number of fused-ring (bicyclic) bond motifs is 3. The molecule has 0 aliphatic carbocycles. The molecule has 0 amide bonds. The summed E-state index contributed by atoms with van der Waals surface area (Å²) in [6.07, 6.45) is 3.78. The summed E-state index contributed by atoms with van der Waals surface area (Å²) in [5.41, 5.74) is 6.14. The van der Waals surface area contributed by atoms with Crippen molar-refractivity contribution in [2.24, 2.45) is 7.05 Å². The molecular weight excluding hydrogens is 570 g/mol. The Kier molecular flexibility index (Phi) is 6.95. The van der Waals surface area contributed by atoms with E-state index in [2.05, 4.69) is 30.2 Å². The third kappa shape index (κ3) is 4.68. The van der Waals surface area contributed by atoms with Gasteiger partial charge in [-0.05, 0) is 43.5 Å². The van der Waals surface area contributed by atoms with Crippen LogP contribution in [0.1, 0.15) is 31.6 Å². The van der Waals surface area contributed by atoms with Crippen LogP contribution in [0.5, 0.6) is 5.75 Å². The second kappa shape index (κ2) is 10.8. The Morgan fingerprint density at radius 1 is 1.07 bits per heavy atom. The molecule has 2 atom stereocenters. The predicted molar refractivity (Wildman–Crippen MR) is 164 cm³/mol. The van der Waals surface area contributed by atoms with E-state index in [4.69, 9.17) is 19.6 Å². The first-order valence-corrected chi connectivity index (χ1v) is 15.0. The quantitative estimate of drug-likeness (QED) is 0.201. The van der Waals surface area contributed by atoms with E-state index in [0.717, 1.165) is 45.0 Å². The normalized spacial score (nSPS) is 16.7. The molecule has 11 heteroatoms. The fourth-order valence-corrected chi connectivity index (χ4v) is 6.76. The lowest BCUT2D eigenvalue weighted by atomic mass is 9.96. The summed E-state index contributed by atoms with van der Waals surface area (Å²) in [5, 5.41) is 11.3. The van der Waals surface area contributed by atoms with Gasteiger partial charge in [0.15, 0.2) is 0 Å². The summed E-state index contributed by atoms with van der Waals surface area (Å²) in [5.74, 6) is -1.38. The molecule has 1 aliphatic rings. The highest BCUT2D eigenvalue weighted by molar-refractivity contribution is 7.18. The Balaban J connectivity index is 1.54. The van der Waals surface area contributed by atoms with Gasteiger partial charge in [-0.15, -0.1) is 11.3 Å². The van der Waals surface area contributed by atoms with Gasteiger partial charge in [0.1, 0.15) is 35.4 Å². The summed E-state index contributed by atoms with van der Waals surface area (Å²) >= 11 is 1.47. The van der Waals surface area contributed by atoms with E-state index < -0.39 is 11.6 Å². The van der Waals surface area contributed by atoms with Gasteiger partial charge < -0.3 is 19.4 Å². The Morgan fingerprint density at radius 3 is 2.74 bits per heavy atom. The van der Waals surface area contributed by atoms with Gasteiger partial charge in [-0.3, -0.25) is 9.67 Å². The van der Waals surface area contributed by atoms with Crippen molar-refractivity contribution in [3.8, 4) is 39.5 Å². The van der Waals surface area contributed by atoms with Gasteiger partial charge in [0.05, 0.1) is 40.6 Å². The molecule has 43 heavy (non-hydrogen) atoms. The van der Waals surface area contributed by atoms with Gasteiger partial charge in [0.2, 0.25) is 0 Å². The van der Waals surface area contributed by atoms with E-state index >= 15 is 4.39 Å². The number of nitrogens with zero attached hydrogens (tertiary/aromatic N) is 5. The van der Waals surface area contributed by atoms with Crippen LogP contribution in [0.3, 0.4) is 0 Å². The maximum absolute atomic E-state index is 16.0. The van der Waals surface area contributed by atoms with Crippen molar-refractivity contribution >= 4 is 32.5 Å². The van der Waals surface area contributed by atoms with Crippen molar-refractivity contribution in [2.45, 2.75) is 25.9 Å². The zero-order valence-corrected chi connectivity index (χ0v) is 25.0. The number of methoxy groups -OCH3 is 1. The fourth-order valence-electron chi connectivity index (χ4n) is 5.81. The van der Waals surface area contributed by atoms with Crippen molar-refractivity contribution in [3.63, 3.8) is 0 Å². The molecule has 7 rings (SSSR count). The number of thiophene rings is 1. The number of hydrogen-bond donors (Lipinski definition) is 1. The van der Waals surface area contributed by atoms with Gasteiger partial charge in [-0.1, -0.05) is 0 Å². The van der Waals surface area contributed by atoms with Gasteiger partial charge in [-0.2, -0.15) is 5.10 Å². The molecule has 5 aromatic heterocycles. The van der Waals surface area contributed by atoms with Crippen LogP contribution in [0.4, 0.5) is 8.78 Å². The molecule has 1 aliphatic heterocycles. The molecule has 1 N–H and O–H groups in total. The van der Waals surface area contributed by atoms with Crippen molar-refractivity contribution in [2.75, 3.05) is 26.9 Å². The average molecular weight is 601 g/mol. The smallest absolute Gasteiger partial charge is 0.137 e. The first kappa shape index (κ1) is 27.6. The number of rotatable bonds is 7. The van der Waals surface area contributed by atoms with Crippen LogP contribution < -0.4 is 10.1 Å². The monoisotopic (exact) mass is 600 g/mol. The summed E-state index contributed by atoms with van der Waals surface area (Å²) in [6.45, 7) is 5.36. The second-order valence-corrected chi connectivity index (χ2v) is 11.8. The fraction of sp³-hybridized carbons (Fsp3) is 0.281. The molecule has 0 radical (unpaired) electrons. The van der Waals surface area contributed by atoms with Gasteiger partial charge in [0, 0.05) is 72.5 Å². The van der Waals surface area contributed by atoms with E-state index in [1.165, 1.54) is 17.4 Å². The molecule has 1 aromatic carbocycles. The largest absolute Gasteiger partial charge is 0.490 e. The number of ether oxygens (including phenoxy) is 2. The van der Waals surface area contributed by atoms with E-state index in [1.54, 1.807) is 7.11 Å². The third-order valence-corrected chi connectivity index (χ3v) is 8.95. The SMILES string of the molecule is COCCOc1cc(F)cc(F)c1-c1c(-c2cc3n(n2)[C@@H](C)CN[C@@H]3C)nc(-c2cnc3ccn(C)c3c2)c2ccsc12. The zero-order chi connectivity index (χ0) is 29.8. The number of halogens is 2. The molecule has 6 heterocycles. The number of aryl methyl sites for hydroxylation is 1. The molecule has 6 aromatic rings. The van der Waals surface area contributed by atoms with Crippen LogP contribution in [-0.2, 0) is 11.8 Å². The Morgan fingerprint density at radius 2 is 1.93 bits per heavy atom. The molecule has 0 unspecified atom stereocenters. The number of aromatic nitrogens is 5. The van der Waals surface area contributed by atoms with Crippen LogP contribution in [0, 0.1) is 11.6 Å². The van der Waals surface area contributed by atoms with E-state index in [0.29, 0.717) is 22.6 Å². The summed E-state index contributed by atoms with van der Waals surface area (Å²) in [6, 6.07) is 10.3. The Labute approximate surface area is 250 Å². The lowest BCUT2D eigenvalue weighted by molar-refractivity contribution is 0.146. The Bertz CT molecular complexity index is 1970. The van der Waals surface area contributed by atoms with Crippen LogP contribution in [-0.4, -0.2) is 51.2 Å². The van der Waals surface area contributed by atoms with E-state index in [9.17, 15) is 4.39 Å². The minimum absolute atomic E-state index is 0.0743. The lowest BCUT2D eigenvalue weighted by Crippen LogP contribution is -2.34. The maximum Gasteiger partial charge on any atom is 0.137 e. The van der Waals surface area contributed by atoms with Gasteiger partial charge in [-0.25, -0.2) is 13.8 Å². The van der Waals surface area contributed by atoms with Crippen molar-refractivity contribution < 1.29 is 18.3 Å². The minimum atomic E-state index is -0.739. The first-order chi connectivity index (χ1) is 20.8. The molecule has 220 valence electrons. The summed E-state index contributed by atoms with van der Waals surface area (Å²) in [7, 11) is 3.52. The van der Waals surface area contributed by atoms with Crippen LogP contribution in [0.25, 0.3) is 54.9 Å². The maximum atomic E-state index is 16.0. The van der Waals surface area contributed by atoms with Crippen LogP contribution in [0.15, 0.2) is 54.2 Å². The number of nitrogens with one attached hydrogen (secondary N) is 1. The lowest BCUT2D eigenvalue weighted by Gasteiger charge is -2.27. The topological polar surface area (TPSA) is 79.0 Å². The molecular formula is C32H30F2N6O2S. The van der Waals surface area contributed by atoms with Gasteiger partial charge in [0.25, 0.3) is 0 Å². The van der Waals surface area contributed by atoms with Crippen molar-refractivity contribution in [1.82, 2.24) is 29.6 Å². The molecule has 0 bridgehead atoms. The summed E-state index contributed by atoms with van der Waals surface area (Å²) < 4.78 is 46.4. The number of benzene rings is 1. The molecule has 0 saturated carbocycles. The van der Waals surface area contributed by atoms with Crippen LogP contribution in [0.2, 0.25) is 0 Å². The van der Waals surface area contributed by atoms with Gasteiger partial charge >= 0.3 is 0 Å². The molecule has 0 fully saturated rings. The standard InChI is InChI=1S/C32H30F2N6O2S/c1-17-15-35-18(2)25-14-24(38-40(17)25)31-29(28-22(34)12-20(33)13-27(28)42-9-8-41-4)32-21(6-10-43-32)30(37-31)19-11-26-23(36-16-19)5-7-39(26)3/h5-7,10-14,16-18,35H,8-9,15H2,1-4H3/t17-,18+/m0/s1. The first-order valence-electron chi connectivity index (χ1n) is 14.1. The molecule has 0 spiro atoms.